The SMILES string of the molecule is CC(C)(C)OC(=O)N(C(=O)OC(C)(C)C)c1ccc2c(OS(=O)(=O)C(F)(F)F)cncc2n1. The predicted molar refractivity (Wildman–Crippen MR) is 110 cm³/mol. The van der Waals surface area contributed by atoms with Crippen LogP contribution in [0, 0.1) is 0 Å². The van der Waals surface area contributed by atoms with Crippen LogP contribution >= 0.6 is 0 Å². The third kappa shape index (κ3) is 6.66. The average molecular weight is 493 g/mol. The van der Waals surface area contributed by atoms with Crippen molar-refractivity contribution in [3.05, 3.63) is 24.5 Å². The number of fused-ring (bicyclic) bond motifs is 1. The summed E-state index contributed by atoms with van der Waals surface area (Å²) in [6.07, 6.45) is -0.409. The van der Waals surface area contributed by atoms with Crippen molar-refractivity contribution in [3.63, 3.8) is 0 Å². The molecule has 2 amide bonds. The number of ether oxygens (including phenoxy) is 2. The van der Waals surface area contributed by atoms with Gasteiger partial charge in [-0.25, -0.2) is 14.6 Å². The van der Waals surface area contributed by atoms with E-state index in [0.29, 0.717) is 4.90 Å². The van der Waals surface area contributed by atoms with Gasteiger partial charge in [0.15, 0.2) is 5.75 Å². The van der Waals surface area contributed by atoms with E-state index < -0.39 is 44.8 Å². The summed E-state index contributed by atoms with van der Waals surface area (Å²) >= 11 is 0. The third-order valence-corrected chi connectivity index (χ3v) is 4.39. The fraction of sp³-hybridized carbons (Fsp3) is 0.474. The zero-order chi connectivity index (χ0) is 25.4. The lowest BCUT2D eigenvalue weighted by Gasteiger charge is -2.28. The highest BCUT2D eigenvalue weighted by molar-refractivity contribution is 7.88. The molecular weight excluding hydrogens is 471 g/mol. The van der Waals surface area contributed by atoms with Gasteiger partial charge in [-0.3, -0.25) is 4.98 Å². The van der Waals surface area contributed by atoms with Crippen LogP contribution in [0.1, 0.15) is 41.5 Å². The number of alkyl halides is 3. The standard InChI is InChI=1S/C19H22F3N3O7S/c1-17(2,3)30-15(26)25(16(27)31-18(4,5)6)14-8-7-11-12(24-14)9-23-10-13(11)32-33(28,29)19(20,21)22/h7-10H,1-6H3. The quantitative estimate of drug-likeness (QED) is 0.448. The molecule has 10 nitrogen and oxygen atoms in total. The minimum atomic E-state index is -5.96. The second kappa shape index (κ2) is 8.65. The summed E-state index contributed by atoms with van der Waals surface area (Å²) < 4.78 is 75.4. The summed E-state index contributed by atoms with van der Waals surface area (Å²) in [5.41, 5.74) is -7.79. The molecule has 0 radical (unpaired) electrons. The number of carbonyl (C=O) groups excluding carboxylic acids is 2. The maximum atomic E-state index is 12.7. The highest BCUT2D eigenvalue weighted by atomic mass is 32.2. The van der Waals surface area contributed by atoms with E-state index in [1.165, 1.54) is 0 Å². The maximum absolute atomic E-state index is 12.7. The van der Waals surface area contributed by atoms with Crippen LogP contribution < -0.4 is 9.08 Å². The van der Waals surface area contributed by atoms with Crippen LogP contribution in [0.25, 0.3) is 10.9 Å². The Bertz CT molecular complexity index is 1140. The lowest BCUT2D eigenvalue weighted by Crippen LogP contribution is -2.44. The van der Waals surface area contributed by atoms with Crippen LogP contribution in [0.3, 0.4) is 0 Å². The van der Waals surface area contributed by atoms with Gasteiger partial charge in [-0.15, -0.1) is 0 Å². The van der Waals surface area contributed by atoms with E-state index >= 15 is 0 Å². The molecule has 0 N–H and O–H groups in total. The summed E-state index contributed by atoms with van der Waals surface area (Å²) in [6.45, 7) is 9.42. The highest BCUT2D eigenvalue weighted by Crippen LogP contribution is 2.32. The molecule has 0 bridgehead atoms. The average Bonchev–Trinajstić information content (AvgIpc) is 2.57. The van der Waals surface area contributed by atoms with Crippen molar-refractivity contribution in [1.29, 1.82) is 0 Å². The van der Waals surface area contributed by atoms with Crippen molar-refractivity contribution >= 4 is 39.0 Å². The molecule has 0 spiro atoms. The van der Waals surface area contributed by atoms with Crippen molar-refractivity contribution in [1.82, 2.24) is 9.97 Å². The van der Waals surface area contributed by atoms with Crippen molar-refractivity contribution in [2.24, 2.45) is 0 Å². The zero-order valence-electron chi connectivity index (χ0n) is 18.6. The zero-order valence-corrected chi connectivity index (χ0v) is 19.4. The molecule has 2 heterocycles. The van der Waals surface area contributed by atoms with Gasteiger partial charge in [0.1, 0.15) is 17.0 Å². The number of amides is 2. The minimum absolute atomic E-state index is 0.167. The number of aromatic nitrogens is 2. The van der Waals surface area contributed by atoms with Gasteiger partial charge in [-0.2, -0.15) is 26.5 Å². The largest absolute Gasteiger partial charge is 0.534 e. The number of rotatable bonds is 3. The molecule has 2 rings (SSSR count). The van der Waals surface area contributed by atoms with Crippen LogP contribution in [0.15, 0.2) is 24.5 Å². The third-order valence-electron chi connectivity index (χ3n) is 3.43. The number of imide groups is 1. The number of hydrogen-bond acceptors (Lipinski definition) is 9. The Hall–Kier alpha value is -3.16. The van der Waals surface area contributed by atoms with Gasteiger partial charge in [0, 0.05) is 5.39 Å². The Morgan fingerprint density at radius 2 is 1.42 bits per heavy atom. The summed E-state index contributed by atoms with van der Waals surface area (Å²) in [5.74, 6) is -1.05. The van der Waals surface area contributed by atoms with Gasteiger partial charge in [0.2, 0.25) is 0 Å². The Balaban J connectivity index is 2.56. The lowest BCUT2D eigenvalue weighted by molar-refractivity contribution is -0.0499. The van der Waals surface area contributed by atoms with E-state index in [2.05, 4.69) is 14.2 Å². The molecule has 14 heteroatoms. The van der Waals surface area contributed by atoms with Crippen molar-refractivity contribution in [3.8, 4) is 5.75 Å². The fourth-order valence-electron chi connectivity index (χ4n) is 2.25. The number of halogens is 3. The lowest BCUT2D eigenvalue weighted by atomic mass is 10.2. The summed E-state index contributed by atoms with van der Waals surface area (Å²) in [5, 5.41) is -0.171. The molecule has 0 fully saturated rings. The smallest absolute Gasteiger partial charge is 0.443 e. The summed E-state index contributed by atoms with van der Waals surface area (Å²) in [7, 11) is -5.96. The first kappa shape index (κ1) is 26.1. The Kier molecular flexibility index (Phi) is 6.84. The normalized spacial score (nSPS) is 12.9. The van der Waals surface area contributed by atoms with E-state index in [1.54, 1.807) is 41.5 Å². The second-order valence-corrected chi connectivity index (χ2v) is 10.2. The Morgan fingerprint density at radius 1 is 0.909 bits per heavy atom. The monoisotopic (exact) mass is 493 g/mol. The highest BCUT2D eigenvalue weighted by Gasteiger charge is 2.48. The van der Waals surface area contributed by atoms with E-state index in [1.807, 2.05) is 0 Å². The molecule has 0 aromatic carbocycles. The summed E-state index contributed by atoms with van der Waals surface area (Å²) in [6, 6.07) is 2.20. The van der Waals surface area contributed by atoms with E-state index in [-0.39, 0.29) is 16.7 Å². The van der Waals surface area contributed by atoms with Crippen molar-refractivity contribution in [2.45, 2.75) is 58.3 Å². The molecule has 0 saturated carbocycles. The van der Waals surface area contributed by atoms with Crippen LogP contribution in [0.4, 0.5) is 28.6 Å². The first-order valence-electron chi connectivity index (χ1n) is 9.32. The van der Waals surface area contributed by atoms with Gasteiger partial charge in [0.25, 0.3) is 0 Å². The van der Waals surface area contributed by atoms with Gasteiger partial charge in [-0.05, 0) is 53.7 Å². The molecule has 33 heavy (non-hydrogen) atoms. The molecule has 2 aromatic heterocycles. The molecule has 2 aromatic rings. The van der Waals surface area contributed by atoms with Crippen molar-refractivity contribution in [2.75, 3.05) is 4.90 Å². The number of pyridine rings is 2. The first-order chi connectivity index (χ1) is 14.8. The van der Waals surface area contributed by atoms with Gasteiger partial charge in [-0.1, -0.05) is 0 Å². The number of anilines is 1. The van der Waals surface area contributed by atoms with Gasteiger partial charge >= 0.3 is 27.8 Å². The number of carbonyl (C=O) groups is 2. The molecule has 0 saturated heterocycles. The van der Waals surface area contributed by atoms with Crippen LogP contribution in [0.2, 0.25) is 0 Å². The van der Waals surface area contributed by atoms with Crippen LogP contribution in [-0.4, -0.2) is 47.3 Å². The molecule has 0 aliphatic carbocycles. The second-order valence-electron chi connectivity index (χ2n) is 8.65. The Morgan fingerprint density at radius 3 is 1.88 bits per heavy atom. The van der Waals surface area contributed by atoms with Crippen LogP contribution in [0.5, 0.6) is 5.75 Å². The van der Waals surface area contributed by atoms with Crippen molar-refractivity contribution < 1.29 is 44.8 Å². The Labute approximate surface area is 187 Å². The van der Waals surface area contributed by atoms with Crippen LogP contribution in [-0.2, 0) is 19.6 Å². The van der Waals surface area contributed by atoms with E-state index in [4.69, 9.17) is 9.47 Å². The molecule has 0 aliphatic heterocycles. The van der Waals surface area contributed by atoms with E-state index in [9.17, 15) is 31.2 Å². The molecule has 0 unspecified atom stereocenters. The number of nitrogens with zero attached hydrogens (tertiary/aromatic N) is 3. The first-order valence-corrected chi connectivity index (χ1v) is 10.7. The van der Waals surface area contributed by atoms with Gasteiger partial charge < -0.3 is 13.7 Å². The molecule has 182 valence electrons. The molecule has 0 aliphatic rings. The summed E-state index contributed by atoms with van der Waals surface area (Å²) in [4.78, 5) is 33.6. The maximum Gasteiger partial charge on any atom is 0.534 e. The fourth-order valence-corrected chi connectivity index (χ4v) is 2.71. The topological polar surface area (TPSA) is 125 Å². The minimum Gasteiger partial charge on any atom is -0.443 e. The van der Waals surface area contributed by atoms with Gasteiger partial charge in [0.05, 0.1) is 17.9 Å². The predicted octanol–water partition coefficient (Wildman–Crippen LogP) is 4.53. The number of hydrogen-bond donors (Lipinski definition) is 0. The van der Waals surface area contributed by atoms with E-state index in [0.717, 1.165) is 24.5 Å². The molecular formula is C19H22F3N3O7S. The molecule has 0 atom stereocenters.